The molecular formula is C17H35N3O2. The molecule has 0 fully saturated rings. The third-order valence-corrected chi connectivity index (χ3v) is 3.37. The zero-order valence-electron chi connectivity index (χ0n) is 15.5. The minimum Gasteiger partial charge on any atom is -0.356 e. The molecule has 0 aliphatic carbocycles. The van der Waals surface area contributed by atoms with E-state index in [-0.39, 0.29) is 22.6 Å². The van der Waals surface area contributed by atoms with Gasteiger partial charge in [0.15, 0.2) is 0 Å². The standard InChI is InChI=1S/C17H35N3O2/c1-16(2,3)14(21)18-10-8-12-20(7)13-9-11-19-15(22)17(4,5)6/h8-13H2,1-7H3,(H,18,21)(H,19,22). The maximum absolute atomic E-state index is 11.7. The van der Waals surface area contributed by atoms with Crippen LogP contribution in [-0.4, -0.2) is 49.9 Å². The Morgan fingerprint density at radius 3 is 1.36 bits per heavy atom. The molecule has 0 rings (SSSR count). The molecular weight excluding hydrogens is 278 g/mol. The summed E-state index contributed by atoms with van der Waals surface area (Å²) in [5, 5.41) is 5.91. The zero-order chi connectivity index (χ0) is 17.4. The lowest BCUT2D eigenvalue weighted by atomic mass is 9.96. The van der Waals surface area contributed by atoms with Crippen molar-refractivity contribution in [1.82, 2.24) is 15.5 Å². The fraction of sp³-hybridized carbons (Fsp3) is 0.882. The van der Waals surface area contributed by atoms with Crippen molar-refractivity contribution in [1.29, 1.82) is 0 Å². The van der Waals surface area contributed by atoms with Gasteiger partial charge in [-0.15, -0.1) is 0 Å². The van der Waals surface area contributed by atoms with Gasteiger partial charge in [-0.3, -0.25) is 9.59 Å². The lowest BCUT2D eigenvalue weighted by Gasteiger charge is -2.20. The van der Waals surface area contributed by atoms with Crippen molar-refractivity contribution in [3.05, 3.63) is 0 Å². The highest BCUT2D eigenvalue weighted by Gasteiger charge is 2.21. The molecule has 0 atom stereocenters. The van der Waals surface area contributed by atoms with Crippen LogP contribution in [0.25, 0.3) is 0 Å². The monoisotopic (exact) mass is 313 g/mol. The number of carbonyl (C=O) groups excluding carboxylic acids is 2. The van der Waals surface area contributed by atoms with E-state index < -0.39 is 0 Å². The normalized spacial score (nSPS) is 12.4. The van der Waals surface area contributed by atoms with Gasteiger partial charge >= 0.3 is 0 Å². The second kappa shape index (κ2) is 9.13. The molecule has 2 amide bonds. The molecule has 0 aromatic heterocycles. The van der Waals surface area contributed by atoms with Crippen molar-refractivity contribution in [2.45, 2.75) is 54.4 Å². The smallest absolute Gasteiger partial charge is 0.225 e. The SMILES string of the molecule is CN(CCCNC(=O)C(C)(C)C)CCCNC(=O)C(C)(C)C. The van der Waals surface area contributed by atoms with Gasteiger partial charge in [0.2, 0.25) is 11.8 Å². The summed E-state index contributed by atoms with van der Waals surface area (Å²) >= 11 is 0. The summed E-state index contributed by atoms with van der Waals surface area (Å²) in [5.41, 5.74) is -0.645. The molecule has 0 aliphatic rings. The van der Waals surface area contributed by atoms with Crippen LogP contribution in [0.2, 0.25) is 0 Å². The summed E-state index contributed by atoms with van der Waals surface area (Å²) in [6.45, 7) is 14.8. The average molecular weight is 313 g/mol. The summed E-state index contributed by atoms with van der Waals surface area (Å²) in [5.74, 6) is 0.195. The molecule has 0 aromatic rings. The van der Waals surface area contributed by atoms with E-state index in [9.17, 15) is 9.59 Å². The molecule has 130 valence electrons. The lowest BCUT2D eigenvalue weighted by Crippen LogP contribution is -2.37. The van der Waals surface area contributed by atoms with E-state index in [4.69, 9.17) is 0 Å². The maximum Gasteiger partial charge on any atom is 0.225 e. The van der Waals surface area contributed by atoms with E-state index in [0.717, 1.165) is 25.9 Å². The predicted octanol–water partition coefficient (Wildman–Crippen LogP) is 2.02. The molecule has 22 heavy (non-hydrogen) atoms. The predicted molar refractivity (Wildman–Crippen MR) is 91.7 cm³/mol. The van der Waals surface area contributed by atoms with Crippen LogP contribution >= 0.6 is 0 Å². The molecule has 0 bridgehead atoms. The van der Waals surface area contributed by atoms with Crippen molar-refractivity contribution in [3.63, 3.8) is 0 Å². The van der Waals surface area contributed by atoms with Crippen LogP contribution in [-0.2, 0) is 9.59 Å². The van der Waals surface area contributed by atoms with E-state index in [1.54, 1.807) is 0 Å². The van der Waals surface area contributed by atoms with Crippen molar-refractivity contribution >= 4 is 11.8 Å². The third-order valence-electron chi connectivity index (χ3n) is 3.37. The van der Waals surface area contributed by atoms with E-state index >= 15 is 0 Å². The number of nitrogens with zero attached hydrogens (tertiary/aromatic N) is 1. The number of nitrogens with one attached hydrogen (secondary N) is 2. The van der Waals surface area contributed by atoms with Crippen LogP contribution in [0, 0.1) is 10.8 Å². The number of rotatable bonds is 8. The summed E-state index contributed by atoms with van der Waals surface area (Å²) in [6, 6.07) is 0. The van der Waals surface area contributed by atoms with E-state index in [0.29, 0.717) is 13.1 Å². The molecule has 0 aromatic carbocycles. The van der Waals surface area contributed by atoms with E-state index in [2.05, 4.69) is 22.6 Å². The fourth-order valence-corrected chi connectivity index (χ4v) is 1.74. The Hall–Kier alpha value is -1.10. The van der Waals surface area contributed by atoms with Gasteiger partial charge in [0.05, 0.1) is 0 Å². The molecule has 0 saturated heterocycles. The van der Waals surface area contributed by atoms with Gasteiger partial charge in [0, 0.05) is 23.9 Å². The van der Waals surface area contributed by atoms with Crippen molar-refractivity contribution < 1.29 is 9.59 Å². The molecule has 2 N–H and O–H groups in total. The topological polar surface area (TPSA) is 61.4 Å². The molecule has 0 unspecified atom stereocenters. The van der Waals surface area contributed by atoms with Crippen LogP contribution in [0.5, 0.6) is 0 Å². The summed E-state index contributed by atoms with van der Waals surface area (Å²) in [4.78, 5) is 25.6. The molecule has 0 spiro atoms. The minimum atomic E-state index is -0.322. The van der Waals surface area contributed by atoms with Gasteiger partial charge in [0.1, 0.15) is 0 Å². The van der Waals surface area contributed by atoms with E-state index in [1.807, 2.05) is 41.5 Å². The van der Waals surface area contributed by atoms with Crippen molar-refractivity contribution in [3.8, 4) is 0 Å². The number of carbonyl (C=O) groups is 2. The molecule has 0 heterocycles. The Bertz CT molecular complexity index is 320. The minimum absolute atomic E-state index is 0.0973. The van der Waals surface area contributed by atoms with Crippen LogP contribution in [0.15, 0.2) is 0 Å². The van der Waals surface area contributed by atoms with Gasteiger partial charge in [-0.25, -0.2) is 0 Å². The molecule has 0 saturated carbocycles. The van der Waals surface area contributed by atoms with Crippen LogP contribution < -0.4 is 10.6 Å². The largest absolute Gasteiger partial charge is 0.356 e. The molecule has 0 aliphatic heterocycles. The fourth-order valence-electron chi connectivity index (χ4n) is 1.74. The summed E-state index contributed by atoms with van der Waals surface area (Å²) in [7, 11) is 2.07. The first-order chi connectivity index (χ1) is 9.94. The van der Waals surface area contributed by atoms with Gasteiger partial charge in [-0.1, -0.05) is 41.5 Å². The quantitative estimate of drug-likeness (QED) is 0.674. The Balaban J connectivity index is 3.65. The third kappa shape index (κ3) is 9.77. The number of amides is 2. The van der Waals surface area contributed by atoms with Crippen LogP contribution in [0.4, 0.5) is 0 Å². The highest BCUT2D eigenvalue weighted by atomic mass is 16.2. The average Bonchev–Trinajstić information content (AvgIpc) is 2.36. The van der Waals surface area contributed by atoms with Crippen LogP contribution in [0.1, 0.15) is 54.4 Å². The van der Waals surface area contributed by atoms with Gasteiger partial charge in [-0.05, 0) is 33.0 Å². The van der Waals surface area contributed by atoms with Crippen molar-refractivity contribution in [2.24, 2.45) is 10.8 Å². The summed E-state index contributed by atoms with van der Waals surface area (Å²) in [6.07, 6.45) is 1.87. The van der Waals surface area contributed by atoms with Gasteiger partial charge < -0.3 is 15.5 Å². The zero-order valence-corrected chi connectivity index (χ0v) is 15.5. The lowest BCUT2D eigenvalue weighted by molar-refractivity contribution is -0.129. The first-order valence-corrected chi connectivity index (χ1v) is 8.20. The Morgan fingerprint density at radius 1 is 0.773 bits per heavy atom. The highest BCUT2D eigenvalue weighted by Crippen LogP contribution is 2.12. The molecule has 5 heteroatoms. The second-order valence-corrected chi connectivity index (χ2v) is 8.02. The van der Waals surface area contributed by atoms with Crippen molar-refractivity contribution in [2.75, 3.05) is 33.2 Å². The second-order valence-electron chi connectivity index (χ2n) is 8.02. The maximum atomic E-state index is 11.7. The van der Waals surface area contributed by atoms with E-state index in [1.165, 1.54) is 0 Å². The Kier molecular flexibility index (Phi) is 8.68. The first kappa shape index (κ1) is 20.9. The first-order valence-electron chi connectivity index (χ1n) is 8.20. The molecule has 5 nitrogen and oxygen atoms in total. The number of hydrogen-bond acceptors (Lipinski definition) is 3. The van der Waals surface area contributed by atoms with Gasteiger partial charge in [0.25, 0.3) is 0 Å². The number of hydrogen-bond donors (Lipinski definition) is 2. The van der Waals surface area contributed by atoms with Gasteiger partial charge in [-0.2, -0.15) is 0 Å². The molecule has 0 radical (unpaired) electrons. The Labute approximate surface area is 136 Å². The highest BCUT2D eigenvalue weighted by molar-refractivity contribution is 5.81. The Morgan fingerprint density at radius 2 is 1.09 bits per heavy atom. The van der Waals surface area contributed by atoms with Crippen LogP contribution in [0.3, 0.4) is 0 Å². The summed E-state index contributed by atoms with van der Waals surface area (Å²) < 4.78 is 0.